The minimum absolute atomic E-state index is 0.0102. The summed E-state index contributed by atoms with van der Waals surface area (Å²) in [6, 6.07) is 12.2. The number of nitrogens with one attached hydrogen (secondary N) is 1. The summed E-state index contributed by atoms with van der Waals surface area (Å²) in [6.45, 7) is 1.66. The van der Waals surface area contributed by atoms with Crippen molar-refractivity contribution in [1.82, 2.24) is 5.32 Å². The van der Waals surface area contributed by atoms with E-state index >= 15 is 0 Å². The lowest BCUT2D eigenvalue weighted by Crippen LogP contribution is -2.27. The van der Waals surface area contributed by atoms with Crippen molar-refractivity contribution in [2.75, 3.05) is 0 Å². The average Bonchev–Trinajstić information content (AvgIpc) is 2.60. The molecular weight excluding hydrogens is 348 g/mol. The Labute approximate surface area is 148 Å². The lowest BCUT2D eigenvalue weighted by Gasteiger charge is -2.15. The lowest BCUT2D eigenvalue weighted by molar-refractivity contribution is -0.385. The topological polar surface area (TPSA) is 98.5 Å². The highest BCUT2D eigenvalue weighted by Crippen LogP contribution is 2.27. The van der Waals surface area contributed by atoms with Crippen LogP contribution in [-0.2, 0) is 11.3 Å². The molecule has 0 aliphatic heterocycles. The minimum atomic E-state index is -0.794. The van der Waals surface area contributed by atoms with Crippen LogP contribution in [0.15, 0.2) is 48.5 Å². The van der Waals surface area contributed by atoms with E-state index in [4.69, 9.17) is 16.3 Å². The minimum Gasteiger partial charge on any atom is -0.445 e. The maximum Gasteiger partial charge on any atom is 0.407 e. The first-order valence-electron chi connectivity index (χ1n) is 7.34. The SMILES string of the molecule is C[C@@H](NC(=O)OCc1ccccc1)c1ccc(C(=O)Cl)cc1[N+](=O)[O-]. The van der Waals surface area contributed by atoms with Gasteiger partial charge in [0.25, 0.3) is 10.9 Å². The third kappa shape index (κ3) is 5.02. The number of carbonyl (C=O) groups is 2. The first kappa shape index (κ1) is 18.4. The Balaban J connectivity index is 2.06. The van der Waals surface area contributed by atoms with Gasteiger partial charge in [0, 0.05) is 11.6 Å². The highest BCUT2D eigenvalue weighted by molar-refractivity contribution is 6.67. The molecule has 0 radical (unpaired) electrons. The first-order chi connectivity index (χ1) is 11.9. The van der Waals surface area contributed by atoms with Gasteiger partial charge in [-0.1, -0.05) is 30.3 Å². The molecule has 130 valence electrons. The van der Waals surface area contributed by atoms with E-state index in [2.05, 4.69) is 5.32 Å². The molecule has 7 nitrogen and oxygen atoms in total. The molecule has 2 aromatic rings. The number of ether oxygens (including phenoxy) is 1. The molecule has 0 heterocycles. The number of nitro benzene ring substituents is 1. The van der Waals surface area contributed by atoms with E-state index in [-0.39, 0.29) is 23.4 Å². The molecule has 0 saturated heterocycles. The summed E-state index contributed by atoms with van der Waals surface area (Å²) < 4.78 is 5.09. The number of nitro groups is 1. The summed E-state index contributed by atoms with van der Waals surface area (Å²) in [7, 11) is 0. The number of amides is 1. The molecule has 8 heteroatoms. The highest BCUT2D eigenvalue weighted by Gasteiger charge is 2.22. The second kappa shape index (κ2) is 8.25. The van der Waals surface area contributed by atoms with Gasteiger partial charge in [0.2, 0.25) is 0 Å². The molecule has 2 rings (SSSR count). The number of hydrogen-bond acceptors (Lipinski definition) is 5. The number of hydrogen-bond donors (Lipinski definition) is 1. The van der Waals surface area contributed by atoms with E-state index in [0.29, 0.717) is 0 Å². The van der Waals surface area contributed by atoms with Crippen LogP contribution in [0.2, 0.25) is 0 Å². The Hall–Kier alpha value is -2.93. The van der Waals surface area contributed by atoms with E-state index in [9.17, 15) is 19.7 Å². The summed E-state index contributed by atoms with van der Waals surface area (Å²) in [5.74, 6) is 0. The summed E-state index contributed by atoms with van der Waals surface area (Å²) in [4.78, 5) is 33.6. The molecule has 1 amide bonds. The standard InChI is InChI=1S/C17H15ClN2O5/c1-11(19-17(22)25-10-12-5-3-2-4-6-12)14-8-7-13(16(18)21)9-15(14)20(23)24/h2-9,11H,10H2,1H3,(H,19,22)/t11-/m1/s1. The van der Waals surface area contributed by atoms with Gasteiger partial charge >= 0.3 is 6.09 Å². The quantitative estimate of drug-likeness (QED) is 0.476. The Morgan fingerprint density at radius 3 is 2.52 bits per heavy atom. The van der Waals surface area contributed by atoms with Crippen LogP contribution in [0.5, 0.6) is 0 Å². The van der Waals surface area contributed by atoms with Crippen molar-refractivity contribution >= 4 is 28.6 Å². The average molecular weight is 363 g/mol. The van der Waals surface area contributed by atoms with Crippen molar-refractivity contribution in [3.63, 3.8) is 0 Å². The number of alkyl carbamates (subject to hydrolysis) is 1. The maximum atomic E-state index is 11.9. The Kier molecular flexibility index (Phi) is 6.08. The fourth-order valence-corrected chi connectivity index (χ4v) is 2.33. The number of carbonyl (C=O) groups excluding carboxylic acids is 2. The Morgan fingerprint density at radius 2 is 1.92 bits per heavy atom. The molecule has 0 aliphatic rings. The third-order valence-electron chi connectivity index (χ3n) is 3.47. The molecule has 1 N–H and O–H groups in total. The van der Waals surface area contributed by atoms with Crippen molar-refractivity contribution in [3.8, 4) is 0 Å². The molecule has 0 bridgehead atoms. The van der Waals surface area contributed by atoms with E-state index in [1.807, 2.05) is 30.3 Å². The van der Waals surface area contributed by atoms with Crippen LogP contribution < -0.4 is 5.32 Å². The molecule has 0 aliphatic carbocycles. The van der Waals surface area contributed by atoms with Gasteiger partial charge in [-0.15, -0.1) is 0 Å². The number of benzene rings is 2. The fraction of sp³-hybridized carbons (Fsp3) is 0.176. The maximum absolute atomic E-state index is 11.9. The first-order valence-corrected chi connectivity index (χ1v) is 7.71. The molecule has 0 aromatic heterocycles. The third-order valence-corrected chi connectivity index (χ3v) is 3.69. The molecule has 2 aromatic carbocycles. The van der Waals surface area contributed by atoms with Gasteiger partial charge in [-0.3, -0.25) is 14.9 Å². The van der Waals surface area contributed by atoms with Crippen LogP contribution >= 0.6 is 11.6 Å². The number of halogens is 1. The molecule has 0 spiro atoms. The molecule has 0 saturated carbocycles. The van der Waals surface area contributed by atoms with E-state index < -0.39 is 22.3 Å². The van der Waals surface area contributed by atoms with Gasteiger partial charge in [-0.2, -0.15) is 0 Å². The van der Waals surface area contributed by atoms with Crippen LogP contribution in [0.1, 0.15) is 34.5 Å². The van der Waals surface area contributed by atoms with Crippen LogP contribution in [0, 0.1) is 10.1 Å². The van der Waals surface area contributed by atoms with Crippen molar-refractivity contribution in [1.29, 1.82) is 0 Å². The summed E-state index contributed by atoms with van der Waals surface area (Å²) in [5, 5.41) is 12.9. The summed E-state index contributed by atoms with van der Waals surface area (Å²) in [6.07, 6.45) is -0.705. The Morgan fingerprint density at radius 1 is 1.24 bits per heavy atom. The number of nitrogens with zero attached hydrogens (tertiary/aromatic N) is 1. The van der Waals surface area contributed by atoms with Gasteiger partial charge in [0.1, 0.15) is 6.61 Å². The van der Waals surface area contributed by atoms with Gasteiger partial charge in [-0.25, -0.2) is 4.79 Å². The molecule has 25 heavy (non-hydrogen) atoms. The van der Waals surface area contributed by atoms with Gasteiger partial charge in [0.05, 0.1) is 16.5 Å². The fourth-order valence-electron chi connectivity index (χ4n) is 2.21. The predicted molar refractivity (Wildman–Crippen MR) is 91.5 cm³/mol. The lowest BCUT2D eigenvalue weighted by atomic mass is 10.0. The van der Waals surface area contributed by atoms with Crippen LogP contribution in [0.4, 0.5) is 10.5 Å². The van der Waals surface area contributed by atoms with E-state index in [1.54, 1.807) is 6.92 Å². The largest absolute Gasteiger partial charge is 0.445 e. The van der Waals surface area contributed by atoms with Gasteiger partial charge in [-0.05, 0) is 36.2 Å². The van der Waals surface area contributed by atoms with Gasteiger partial charge < -0.3 is 10.1 Å². The second-order valence-corrected chi connectivity index (χ2v) is 5.58. The molecule has 0 unspecified atom stereocenters. The Bertz CT molecular complexity index is 795. The highest BCUT2D eigenvalue weighted by atomic mass is 35.5. The molecule has 0 fully saturated rings. The van der Waals surface area contributed by atoms with Crippen molar-refractivity contribution in [2.24, 2.45) is 0 Å². The zero-order chi connectivity index (χ0) is 18.4. The molecular formula is C17H15ClN2O5. The number of rotatable bonds is 6. The molecule has 1 atom stereocenters. The van der Waals surface area contributed by atoms with Crippen LogP contribution in [0.25, 0.3) is 0 Å². The zero-order valence-corrected chi connectivity index (χ0v) is 14.0. The van der Waals surface area contributed by atoms with Crippen molar-refractivity contribution < 1.29 is 19.2 Å². The summed E-state index contributed by atoms with van der Waals surface area (Å²) in [5.41, 5.74) is 0.767. The van der Waals surface area contributed by atoms with Crippen LogP contribution in [0.3, 0.4) is 0 Å². The zero-order valence-electron chi connectivity index (χ0n) is 13.3. The smallest absolute Gasteiger partial charge is 0.407 e. The van der Waals surface area contributed by atoms with Crippen molar-refractivity contribution in [2.45, 2.75) is 19.6 Å². The van der Waals surface area contributed by atoms with E-state index in [0.717, 1.165) is 11.6 Å². The normalized spacial score (nSPS) is 11.4. The monoisotopic (exact) mass is 362 g/mol. The predicted octanol–water partition coefficient (Wildman–Crippen LogP) is 3.96. The van der Waals surface area contributed by atoms with Crippen LogP contribution in [-0.4, -0.2) is 16.3 Å². The van der Waals surface area contributed by atoms with E-state index in [1.165, 1.54) is 12.1 Å². The second-order valence-electron chi connectivity index (χ2n) is 5.23. The summed E-state index contributed by atoms with van der Waals surface area (Å²) >= 11 is 5.34. The van der Waals surface area contributed by atoms with Crippen molar-refractivity contribution in [3.05, 3.63) is 75.3 Å². The van der Waals surface area contributed by atoms with Gasteiger partial charge in [0.15, 0.2) is 0 Å².